The van der Waals surface area contributed by atoms with Gasteiger partial charge in [-0.15, -0.1) is 0 Å². The maximum absolute atomic E-state index is 13.7. The van der Waals surface area contributed by atoms with Crippen LogP contribution in [0.15, 0.2) is 65.6 Å². The molecule has 0 saturated carbocycles. The third-order valence-corrected chi connectivity index (χ3v) is 8.49. The number of ether oxygens (including phenoxy) is 1. The second kappa shape index (κ2) is 11.1. The van der Waals surface area contributed by atoms with Crippen molar-refractivity contribution in [2.24, 2.45) is 0 Å². The summed E-state index contributed by atoms with van der Waals surface area (Å²) in [4.78, 5) is 10.6. The number of allylic oxidation sites excluding steroid dienone is 1. The Morgan fingerprint density at radius 1 is 1.10 bits per heavy atom. The summed E-state index contributed by atoms with van der Waals surface area (Å²) in [5.41, 5.74) is 0.833. The van der Waals surface area contributed by atoms with Gasteiger partial charge in [-0.05, 0) is 66.9 Å². The summed E-state index contributed by atoms with van der Waals surface area (Å²) >= 11 is 12.6. The standard InChI is InChI=1S/C27H22Cl2F3NO5S/c1-16(26-21(28)6-3-7-22(26)29)12-17-8-10-24-23(13-17)33(15-19(38-24)9-11-25(34)35)39(36,37)20-5-2-4-18(14-20)27(30,31)32/h2-8,10,12-14,19H,9,11,15H2,1H3,(H,34,35). The summed E-state index contributed by atoms with van der Waals surface area (Å²) in [6.07, 6.45) is -4.13. The maximum Gasteiger partial charge on any atom is 0.416 e. The van der Waals surface area contributed by atoms with Crippen molar-refractivity contribution in [3.05, 3.63) is 87.4 Å². The Morgan fingerprint density at radius 2 is 1.77 bits per heavy atom. The van der Waals surface area contributed by atoms with E-state index in [9.17, 15) is 26.4 Å². The largest absolute Gasteiger partial charge is 0.486 e. The Balaban J connectivity index is 1.80. The molecule has 0 bridgehead atoms. The van der Waals surface area contributed by atoms with Gasteiger partial charge in [0.2, 0.25) is 0 Å². The van der Waals surface area contributed by atoms with Crippen LogP contribution in [-0.4, -0.2) is 32.1 Å². The normalized spacial score (nSPS) is 16.0. The minimum atomic E-state index is -4.74. The van der Waals surface area contributed by atoms with Gasteiger partial charge in [0.1, 0.15) is 11.9 Å². The van der Waals surface area contributed by atoms with Crippen LogP contribution in [0.1, 0.15) is 36.5 Å². The predicted molar refractivity (Wildman–Crippen MR) is 144 cm³/mol. The highest BCUT2D eigenvalue weighted by atomic mass is 35.5. The zero-order chi connectivity index (χ0) is 28.5. The van der Waals surface area contributed by atoms with E-state index in [1.807, 2.05) is 0 Å². The molecule has 1 N–H and O–H groups in total. The minimum Gasteiger partial charge on any atom is -0.486 e. The lowest BCUT2D eigenvalue weighted by molar-refractivity contribution is -0.138. The number of carboxylic acids is 1. The average Bonchev–Trinajstić information content (AvgIpc) is 2.86. The summed E-state index contributed by atoms with van der Waals surface area (Å²) in [6, 6.07) is 13.3. The number of sulfonamides is 1. The van der Waals surface area contributed by atoms with Crippen LogP contribution in [-0.2, 0) is 21.0 Å². The number of aliphatic carboxylic acids is 1. The SMILES string of the molecule is CC(=Cc1ccc2c(c1)N(S(=O)(=O)c1cccc(C(F)(F)F)c1)CC(CCC(=O)O)O2)c1c(Cl)cccc1Cl. The first-order valence-electron chi connectivity index (χ1n) is 11.6. The Kier molecular flexibility index (Phi) is 8.20. The maximum atomic E-state index is 13.7. The molecule has 0 spiro atoms. The molecule has 6 nitrogen and oxygen atoms in total. The van der Waals surface area contributed by atoms with E-state index in [1.54, 1.807) is 37.3 Å². The van der Waals surface area contributed by atoms with Crippen molar-refractivity contribution < 1.29 is 36.2 Å². The molecular weight excluding hydrogens is 578 g/mol. The molecule has 0 aliphatic carbocycles. The van der Waals surface area contributed by atoms with Gasteiger partial charge in [-0.25, -0.2) is 8.42 Å². The van der Waals surface area contributed by atoms with Crippen molar-refractivity contribution in [2.45, 2.75) is 36.9 Å². The zero-order valence-electron chi connectivity index (χ0n) is 20.4. The molecule has 1 unspecified atom stereocenters. The van der Waals surface area contributed by atoms with E-state index in [0.717, 1.165) is 22.5 Å². The molecule has 0 saturated heterocycles. The lowest BCUT2D eigenvalue weighted by Gasteiger charge is -2.35. The summed E-state index contributed by atoms with van der Waals surface area (Å²) in [5.74, 6) is -0.941. The number of benzene rings is 3. The van der Waals surface area contributed by atoms with Gasteiger partial charge in [-0.1, -0.05) is 47.5 Å². The molecule has 0 fully saturated rings. The molecule has 206 valence electrons. The first-order valence-corrected chi connectivity index (χ1v) is 13.8. The van der Waals surface area contributed by atoms with Crippen molar-refractivity contribution in [1.29, 1.82) is 0 Å². The number of fused-ring (bicyclic) bond motifs is 1. The van der Waals surface area contributed by atoms with Gasteiger partial charge < -0.3 is 9.84 Å². The van der Waals surface area contributed by atoms with Crippen LogP contribution in [0.5, 0.6) is 5.75 Å². The molecule has 1 aliphatic heterocycles. The van der Waals surface area contributed by atoms with E-state index in [-0.39, 0.29) is 30.8 Å². The highest BCUT2D eigenvalue weighted by Crippen LogP contribution is 2.40. The molecule has 0 amide bonds. The molecule has 0 aromatic heterocycles. The van der Waals surface area contributed by atoms with Crippen LogP contribution in [0, 0.1) is 0 Å². The number of hydrogen-bond acceptors (Lipinski definition) is 4. The van der Waals surface area contributed by atoms with E-state index in [2.05, 4.69) is 0 Å². The van der Waals surface area contributed by atoms with Gasteiger partial charge >= 0.3 is 12.1 Å². The van der Waals surface area contributed by atoms with Gasteiger partial charge in [0.15, 0.2) is 0 Å². The first-order chi connectivity index (χ1) is 18.3. The Hall–Kier alpha value is -3.21. The first kappa shape index (κ1) is 28.8. The molecule has 1 aliphatic rings. The van der Waals surface area contributed by atoms with E-state index in [1.165, 1.54) is 12.1 Å². The minimum absolute atomic E-state index is 0.00481. The number of halogens is 5. The fourth-order valence-corrected chi connectivity index (χ4v) is 6.48. The topological polar surface area (TPSA) is 83.9 Å². The van der Waals surface area contributed by atoms with Gasteiger partial charge in [-0.2, -0.15) is 13.2 Å². The quantitative estimate of drug-likeness (QED) is 0.286. The monoisotopic (exact) mass is 599 g/mol. The third kappa shape index (κ3) is 6.34. The Labute approximate surface area is 233 Å². The fourth-order valence-electron chi connectivity index (χ4n) is 4.24. The summed E-state index contributed by atoms with van der Waals surface area (Å²) in [6.45, 7) is 1.49. The molecule has 1 heterocycles. The lowest BCUT2D eigenvalue weighted by atomic mass is 10.0. The van der Waals surface area contributed by atoms with Crippen molar-refractivity contribution in [2.75, 3.05) is 10.8 Å². The average molecular weight is 600 g/mol. The van der Waals surface area contributed by atoms with Gasteiger partial charge in [0.25, 0.3) is 10.0 Å². The smallest absolute Gasteiger partial charge is 0.416 e. The second-order valence-electron chi connectivity index (χ2n) is 8.89. The van der Waals surface area contributed by atoms with E-state index < -0.39 is 38.7 Å². The summed E-state index contributed by atoms with van der Waals surface area (Å²) in [7, 11) is -4.50. The Bertz CT molecular complexity index is 1540. The fraction of sp³-hybridized carbons (Fsp3) is 0.222. The number of carboxylic acid groups (broad SMARTS) is 1. The van der Waals surface area contributed by atoms with E-state index in [0.29, 0.717) is 32.8 Å². The van der Waals surface area contributed by atoms with Crippen molar-refractivity contribution >= 4 is 56.5 Å². The predicted octanol–water partition coefficient (Wildman–Crippen LogP) is 7.39. The molecule has 3 aromatic carbocycles. The number of rotatable bonds is 7. The second-order valence-corrected chi connectivity index (χ2v) is 11.6. The number of alkyl halides is 3. The van der Waals surface area contributed by atoms with E-state index >= 15 is 0 Å². The van der Waals surface area contributed by atoms with Crippen LogP contribution in [0.3, 0.4) is 0 Å². The highest BCUT2D eigenvalue weighted by molar-refractivity contribution is 7.92. The van der Waals surface area contributed by atoms with Crippen molar-refractivity contribution in [1.82, 2.24) is 0 Å². The molecule has 39 heavy (non-hydrogen) atoms. The van der Waals surface area contributed by atoms with Crippen LogP contribution < -0.4 is 9.04 Å². The van der Waals surface area contributed by atoms with Crippen LogP contribution in [0.4, 0.5) is 18.9 Å². The number of anilines is 1. The lowest BCUT2D eigenvalue weighted by Crippen LogP contribution is -2.43. The number of hydrogen-bond donors (Lipinski definition) is 1. The van der Waals surface area contributed by atoms with Crippen LogP contribution in [0.2, 0.25) is 10.0 Å². The van der Waals surface area contributed by atoms with Crippen molar-refractivity contribution in [3.63, 3.8) is 0 Å². The molecule has 12 heteroatoms. The molecule has 4 rings (SSSR count). The van der Waals surface area contributed by atoms with Gasteiger partial charge in [0.05, 0.1) is 22.7 Å². The van der Waals surface area contributed by atoms with Gasteiger partial charge in [-0.3, -0.25) is 9.10 Å². The highest BCUT2D eigenvalue weighted by Gasteiger charge is 2.37. The molecule has 3 aromatic rings. The van der Waals surface area contributed by atoms with E-state index in [4.69, 9.17) is 33.0 Å². The van der Waals surface area contributed by atoms with Crippen LogP contribution >= 0.6 is 23.2 Å². The molecular formula is C27H22Cl2F3NO5S. The molecule has 1 atom stereocenters. The number of nitrogens with zero attached hydrogens (tertiary/aromatic N) is 1. The van der Waals surface area contributed by atoms with Crippen LogP contribution in [0.25, 0.3) is 11.6 Å². The summed E-state index contributed by atoms with van der Waals surface area (Å²) < 4.78 is 74.3. The zero-order valence-corrected chi connectivity index (χ0v) is 22.7. The molecule has 0 radical (unpaired) electrons. The van der Waals surface area contributed by atoms with Crippen molar-refractivity contribution in [3.8, 4) is 5.75 Å². The third-order valence-electron chi connectivity index (χ3n) is 6.08. The number of carbonyl (C=O) groups is 1. The van der Waals surface area contributed by atoms with Gasteiger partial charge in [0, 0.05) is 22.0 Å². The summed E-state index contributed by atoms with van der Waals surface area (Å²) in [5, 5.41) is 9.93. The Morgan fingerprint density at radius 3 is 2.41 bits per heavy atom.